The molecule has 6 heteroatoms. The first kappa shape index (κ1) is 19.2. The normalized spacial score (nSPS) is 10.8. The summed E-state index contributed by atoms with van der Waals surface area (Å²) in [5.74, 6) is 0.513. The maximum atomic E-state index is 13.2. The van der Waals surface area contributed by atoms with E-state index < -0.39 is 6.43 Å². The van der Waals surface area contributed by atoms with Gasteiger partial charge in [-0.3, -0.25) is 4.79 Å². The molecule has 0 saturated carbocycles. The molecule has 0 aliphatic heterocycles. The maximum Gasteiger partial charge on any atom is 0.310 e. The monoisotopic (exact) mass is 366 g/mol. The number of carbonyl (C=O) groups is 1. The van der Waals surface area contributed by atoms with Gasteiger partial charge < -0.3 is 9.47 Å². The van der Waals surface area contributed by atoms with E-state index in [2.05, 4.69) is 12.6 Å². The fraction of sp³-hybridized carbons (Fsp3) is 0.316. The second kappa shape index (κ2) is 8.85. The fourth-order valence-corrected chi connectivity index (χ4v) is 2.63. The van der Waals surface area contributed by atoms with Gasteiger partial charge in [-0.1, -0.05) is 30.7 Å². The summed E-state index contributed by atoms with van der Waals surface area (Å²) in [5.41, 5.74) is 2.02. The van der Waals surface area contributed by atoms with E-state index in [0.717, 1.165) is 11.1 Å². The number of alkyl halides is 2. The molecule has 0 spiro atoms. The number of ether oxygens (including phenoxy) is 2. The molecule has 0 aliphatic rings. The third kappa shape index (κ3) is 4.95. The van der Waals surface area contributed by atoms with E-state index in [1.165, 1.54) is 12.1 Å². The zero-order valence-corrected chi connectivity index (χ0v) is 15.0. The van der Waals surface area contributed by atoms with Crippen LogP contribution in [-0.2, 0) is 17.2 Å². The summed E-state index contributed by atoms with van der Waals surface area (Å²) in [6.45, 7) is 3.45. The molecule has 134 valence electrons. The molecule has 0 N–H and O–H groups in total. The zero-order chi connectivity index (χ0) is 18.4. The number of hydrogen-bond donors (Lipinski definition) is 1. The second-order valence-electron chi connectivity index (χ2n) is 5.51. The molecule has 0 radical (unpaired) electrons. The number of rotatable bonds is 7. The second-order valence-corrected chi connectivity index (χ2v) is 5.83. The lowest BCUT2D eigenvalue weighted by atomic mass is 10.1. The molecule has 0 atom stereocenters. The van der Waals surface area contributed by atoms with Crippen molar-refractivity contribution in [2.45, 2.75) is 39.1 Å². The van der Waals surface area contributed by atoms with Gasteiger partial charge in [-0.25, -0.2) is 8.78 Å². The van der Waals surface area contributed by atoms with Crippen LogP contribution in [0.5, 0.6) is 11.5 Å². The maximum absolute atomic E-state index is 13.2. The van der Waals surface area contributed by atoms with E-state index in [0.29, 0.717) is 17.1 Å². The Morgan fingerprint density at radius 3 is 2.60 bits per heavy atom. The number of benzene rings is 2. The van der Waals surface area contributed by atoms with Gasteiger partial charge in [0.05, 0.1) is 5.56 Å². The number of thiol groups is 1. The van der Waals surface area contributed by atoms with Crippen LogP contribution in [0.1, 0.15) is 42.0 Å². The molecule has 0 aromatic heterocycles. The average molecular weight is 366 g/mol. The molecule has 0 heterocycles. The molecular weight excluding hydrogens is 346 g/mol. The fourth-order valence-electron chi connectivity index (χ4n) is 2.33. The van der Waals surface area contributed by atoms with Crippen molar-refractivity contribution in [3.63, 3.8) is 0 Å². The Kier molecular flexibility index (Phi) is 6.82. The summed E-state index contributed by atoms with van der Waals surface area (Å²) in [4.78, 5) is 11.6. The van der Waals surface area contributed by atoms with Crippen molar-refractivity contribution < 1.29 is 23.0 Å². The molecule has 25 heavy (non-hydrogen) atoms. The van der Waals surface area contributed by atoms with Crippen LogP contribution in [0, 0.1) is 6.92 Å². The number of carbonyl (C=O) groups excluding carboxylic acids is 1. The van der Waals surface area contributed by atoms with E-state index in [9.17, 15) is 13.6 Å². The van der Waals surface area contributed by atoms with Crippen molar-refractivity contribution >= 4 is 18.6 Å². The molecule has 0 unspecified atom stereocenters. The van der Waals surface area contributed by atoms with Gasteiger partial charge in [0.1, 0.15) is 18.1 Å². The summed E-state index contributed by atoms with van der Waals surface area (Å²) in [6, 6.07) is 9.88. The minimum Gasteiger partial charge on any atom is -0.488 e. The summed E-state index contributed by atoms with van der Waals surface area (Å²) in [6.07, 6.45) is -2.40. The van der Waals surface area contributed by atoms with Crippen molar-refractivity contribution in [3.05, 3.63) is 58.7 Å². The van der Waals surface area contributed by atoms with Crippen LogP contribution in [0.3, 0.4) is 0 Å². The van der Waals surface area contributed by atoms with Crippen LogP contribution in [0.2, 0.25) is 0 Å². The molecule has 3 nitrogen and oxygen atoms in total. The molecular formula is C19H20F2O3S. The van der Waals surface area contributed by atoms with Gasteiger partial charge in [0, 0.05) is 17.7 Å². The lowest BCUT2D eigenvalue weighted by molar-refractivity contribution is -0.134. The van der Waals surface area contributed by atoms with Gasteiger partial charge in [-0.15, -0.1) is 0 Å². The molecule has 0 bridgehead atoms. The molecule has 2 aromatic rings. The number of aryl methyl sites for hydroxylation is 1. The van der Waals surface area contributed by atoms with Crippen molar-refractivity contribution in [1.82, 2.24) is 0 Å². The predicted molar refractivity (Wildman–Crippen MR) is 95.5 cm³/mol. The highest BCUT2D eigenvalue weighted by atomic mass is 32.1. The Morgan fingerprint density at radius 2 is 1.96 bits per heavy atom. The van der Waals surface area contributed by atoms with Gasteiger partial charge in [0.25, 0.3) is 6.43 Å². The van der Waals surface area contributed by atoms with Gasteiger partial charge in [0.15, 0.2) is 0 Å². The summed E-state index contributed by atoms with van der Waals surface area (Å²) in [5, 5.41) is 0. The molecule has 0 aliphatic carbocycles. The smallest absolute Gasteiger partial charge is 0.310 e. The Labute approximate surface area is 151 Å². The summed E-state index contributed by atoms with van der Waals surface area (Å²) >= 11 is 4.27. The first-order valence-corrected chi connectivity index (χ1v) is 8.53. The van der Waals surface area contributed by atoms with Crippen LogP contribution < -0.4 is 9.47 Å². The van der Waals surface area contributed by atoms with Crippen molar-refractivity contribution in [2.24, 2.45) is 0 Å². The van der Waals surface area contributed by atoms with E-state index in [1.54, 1.807) is 32.0 Å². The van der Waals surface area contributed by atoms with Gasteiger partial charge in [-0.05, 0) is 30.7 Å². The molecule has 0 fully saturated rings. The summed E-state index contributed by atoms with van der Waals surface area (Å²) < 4.78 is 37.4. The van der Waals surface area contributed by atoms with Crippen LogP contribution in [-0.4, -0.2) is 5.97 Å². The SMILES string of the molecule is CCC(=O)Oc1cccc(CS)c1COc1ccc(C)cc1C(F)F. The Hall–Kier alpha value is -2.08. The largest absolute Gasteiger partial charge is 0.488 e. The minimum absolute atomic E-state index is 0.00580. The predicted octanol–water partition coefficient (Wildman–Crippen LogP) is 5.26. The highest BCUT2D eigenvalue weighted by Crippen LogP contribution is 2.32. The Morgan fingerprint density at radius 1 is 1.20 bits per heavy atom. The van der Waals surface area contributed by atoms with Crippen LogP contribution in [0.15, 0.2) is 36.4 Å². The van der Waals surface area contributed by atoms with E-state index in [1.807, 2.05) is 6.07 Å². The van der Waals surface area contributed by atoms with Crippen LogP contribution in [0.25, 0.3) is 0 Å². The number of hydrogen-bond acceptors (Lipinski definition) is 4. The average Bonchev–Trinajstić information content (AvgIpc) is 2.60. The van der Waals surface area contributed by atoms with Gasteiger partial charge in [-0.2, -0.15) is 12.6 Å². The number of esters is 1. The molecule has 2 aromatic carbocycles. The van der Waals surface area contributed by atoms with Crippen LogP contribution in [0.4, 0.5) is 8.78 Å². The number of halogens is 2. The van der Waals surface area contributed by atoms with Crippen molar-refractivity contribution in [3.8, 4) is 11.5 Å². The Balaban J connectivity index is 2.30. The Bertz CT molecular complexity index is 747. The van der Waals surface area contributed by atoms with Crippen molar-refractivity contribution in [2.75, 3.05) is 0 Å². The standard InChI is InChI=1S/C19H20F2O3S/c1-3-18(22)24-17-6-4-5-13(11-25)15(17)10-23-16-8-7-12(2)9-14(16)19(20)21/h4-9,19,25H,3,10-11H2,1-2H3. The van der Waals surface area contributed by atoms with Crippen LogP contribution >= 0.6 is 12.6 Å². The van der Waals surface area contributed by atoms with E-state index in [-0.39, 0.29) is 30.3 Å². The topological polar surface area (TPSA) is 35.5 Å². The summed E-state index contributed by atoms with van der Waals surface area (Å²) in [7, 11) is 0. The zero-order valence-electron chi connectivity index (χ0n) is 14.1. The van der Waals surface area contributed by atoms with E-state index >= 15 is 0 Å². The quantitative estimate of drug-likeness (QED) is 0.413. The third-order valence-electron chi connectivity index (χ3n) is 3.69. The van der Waals surface area contributed by atoms with Gasteiger partial charge in [0.2, 0.25) is 0 Å². The molecule has 0 saturated heterocycles. The minimum atomic E-state index is -2.63. The highest BCUT2D eigenvalue weighted by molar-refractivity contribution is 7.79. The first-order chi connectivity index (χ1) is 12.0. The molecule has 0 amide bonds. The van der Waals surface area contributed by atoms with Gasteiger partial charge >= 0.3 is 5.97 Å². The first-order valence-electron chi connectivity index (χ1n) is 7.90. The van der Waals surface area contributed by atoms with Crippen molar-refractivity contribution in [1.29, 1.82) is 0 Å². The lowest BCUT2D eigenvalue weighted by Gasteiger charge is -2.16. The molecule has 2 rings (SSSR count). The van der Waals surface area contributed by atoms with E-state index in [4.69, 9.17) is 9.47 Å². The lowest BCUT2D eigenvalue weighted by Crippen LogP contribution is -2.10. The third-order valence-corrected chi connectivity index (χ3v) is 4.03. The highest BCUT2D eigenvalue weighted by Gasteiger charge is 2.17.